The number of benzene rings is 1. The Bertz CT molecular complexity index is 612. The van der Waals surface area contributed by atoms with Crippen molar-refractivity contribution in [3.05, 3.63) is 40.6 Å². The molecule has 0 fully saturated rings. The second-order valence-electron chi connectivity index (χ2n) is 5.01. The summed E-state index contributed by atoms with van der Waals surface area (Å²) in [6.07, 6.45) is 0. The summed E-state index contributed by atoms with van der Waals surface area (Å²) in [6.45, 7) is 3.81. The Balaban J connectivity index is 0.00000220. The highest BCUT2D eigenvalue weighted by molar-refractivity contribution is 7.10. The van der Waals surface area contributed by atoms with Crippen molar-refractivity contribution in [2.45, 2.75) is 19.3 Å². The van der Waals surface area contributed by atoms with Gasteiger partial charge in [0.1, 0.15) is 5.75 Å². The van der Waals surface area contributed by atoms with Crippen LogP contribution in [-0.4, -0.2) is 13.0 Å². The Kier molecular flexibility index (Phi) is 5.63. The van der Waals surface area contributed by atoms with Crippen molar-refractivity contribution in [3.8, 4) is 5.75 Å². The number of hydrogen-bond acceptors (Lipinski definition) is 4. The lowest BCUT2D eigenvalue weighted by Crippen LogP contribution is -2.33. The minimum absolute atomic E-state index is 0. The molecule has 0 aliphatic carbocycles. The number of halogens is 1. The zero-order valence-corrected chi connectivity index (χ0v) is 13.8. The number of thiophene rings is 1. The number of carbonyl (C=O) groups is 1. The van der Waals surface area contributed by atoms with Crippen LogP contribution in [0.4, 0.5) is 11.4 Å². The van der Waals surface area contributed by atoms with Gasteiger partial charge in [-0.05, 0) is 43.5 Å². The average molecular weight is 327 g/mol. The molecule has 0 atom stereocenters. The Morgan fingerprint density at radius 2 is 2.05 bits per heavy atom. The summed E-state index contributed by atoms with van der Waals surface area (Å²) in [7, 11) is 1.56. The van der Waals surface area contributed by atoms with Crippen LogP contribution in [0, 0.1) is 0 Å². The quantitative estimate of drug-likeness (QED) is 0.842. The van der Waals surface area contributed by atoms with E-state index >= 15 is 0 Å². The summed E-state index contributed by atoms with van der Waals surface area (Å²) in [6, 6.07) is 9.12. The molecule has 1 heterocycles. The molecule has 0 radical (unpaired) electrons. The van der Waals surface area contributed by atoms with Crippen molar-refractivity contribution in [2.24, 2.45) is 0 Å². The van der Waals surface area contributed by atoms with E-state index in [0.717, 1.165) is 4.88 Å². The van der Waals surface area contributed by atoms with Gasteiger partial charge >= 0.3 is 0 Å². The Labute approximate surface area is 134 Å². The summed E-state index contributed by atoms with van der Waals surface area (Å²) in [4.78, 5) is 13.4. The number of nitrogens with one attached hydrogen (secondary N) is 1. The molecule has 0 saturated carbocycles. The van der Waals surface area contributed by atoms with Gasteiger partial charge in [0.15, 0.2) is 0 Å². The molecule has 1 aromatic heterocycles. The topological polar surface area (TPSA) is 64.3 Å². The molecule has 21 heavy (non-hydrogen) atoms. The van der Waals surface area contributed by atoms with Crippen LogP contribution < -0.4 is 15.8 Å². The van der Waals surface area contributed by atoms with Gasteiger partial charge in [0.05, 0.1) is 18.2 Å². The fourth-order valence-corrected chi connectivity index (χ4v) is 2.69. The number of ether oxygens (including phenoxy) is 1. The van der Waals surface area contributed by atoms with Crippen LogP contribution in [0.15, 0.2) is 35.7 Å². The molecule has 1 amide bonds. The van der Waals surface area contributed by atoms with Crippen molar-refractivity contribution < 1.29 is 9.53 Å². The first kappa shape index (κ1) is 17.3. The number of hydrogen-bond donors (Lipinski definition) is 2. The lowest BCUT2D eigenvalue weighted by atomic mass is 9.90. The predicted molar refractivity (Wildman–Crippen MR) is 90.6 cm³/mol. The molecule has 0 aliphatic rings. The number of nitrogens with two attached hydrogens (primary N) is 1. The normalized spacial score (nSPS) is 10.6. The fraction of sp³-hybridized carbons (Fsp3) is 0.267. The number of methoxy groups -OCH3 is 1. The highest BCUT2D eigenvalue weighted by Crippen LogP contribution is 2.30. The molecule has 4 nitrogen and oxygen atoms in total. The van der Waals surface area contributed by atoms with Crippen molar-refractivity contribution in [1.82, 2.24) is 0 Å². The van der Waals surface area contributed by atoms with Crippen molar-refractivity contribution in [3.63, 3.8) is 0 Å². The molecular formula is C15H19ClN2O2S. The molecular weight excluding hydrogens is 308 g/mol. The first-order chi connectivity index (χ1) is 9.45. The minimum Gasteiger partial charge on any atom is -0.495 e. The summed E-state index contributed by atoms with van der Waals surface area (Å²) in [5, 5.41) is 4.86. The minimum atomic E-state index is -0.580. The highest BCUT2D eigenvalue weighted by atomic mass is 35.5. The van der Waals surface area contributed by atoms with Crippen LogP contribution >= 0.6 is 23.7 Å². The Hall–Kier alpha value is -1.72. The summed E-state index contributed by atoms with van der Waals surface area (Å²) < 4.78 is 5.10. The molecule has 0 unspecified atom stereocenters. The number of anilines is 2. The Morgan fingerprint density at radius 1 is 1.33 bits per heavy atom. The smallest absolute Gasteiger partial charge is 0.235 e. The Morgan fingerprint density at radius 3 is 2.57 bits per heavy atom. The number of amides is 1. The van der Waals surface area contributed by atoms with E-state index in [1.54, 1.807) is 36.6 Å². The van der Waals surface area contributed by atoms with E-state index in [1.807, 2.05) is 31.4 Å². The summed E-state index contributed by atoms with van der Waals surface area (Å²) in [5.74, 6) is 0.532. The molecule has 0 saturated heterocycles. The lowest BCUT2D eigenvalue weighted by Gasteiger charge is -2.22. The molecule has 1 aromatic carbocycles. The van der Waals surface area contributed by atoms with Crippen molar-refractivity contribution in [1.29, 1.82) is 0 Å². The van der Waals surface area contributed by atoms with E-state index < -0.39 is 5.41 Å². The summed E-state index contributed by atoms with van der Waals surface area (Å²) >= 11 is 1.57. The second kappa shape index (κ2) is 6.83. The van der Waals surface area contributed by atoms with Crippen LogP contribution in [0.2, 0.25) is 0 Å². The first-order valence-corrected chi connectivity index (χ1v) is 7.12. The predicted octanol–water partition coefficient (Wildman–Crippen LogP) is 3.68. The third-order valence-electron chi connectivity index (χ3n) is 3.19. The maximum atomic E-state index is 12.4. The third kappa shape index (κ3) is 3.68. The van der Waals surface area contributed by atoms with Gasteiger partial charge in [0.25, 0.3) is 0 Å². The van der Waals surface area contributed by atoms with E-state index in [-0.39, 0.29) is 18.3 Å². The number of carbonyl (C=O) groups excluding carboxylic acids is 1. The molecule has 6 heteroatoms. The van der Waals surface area contributed by atoms with E-state index in [0.29, 0.717) is 17.1 Å². The monoisotopic (exact) mass is 326 g/mol. The van der Waals surface area contributed by atoms with E-state index in [4.69, 9.17) is 10.5 Å². The van der Waals surface area contributed by atoms with Gasteiger partial charge in [0.2, 0.25) is 5.91 Å². The second-order valence-corrected chi connectivity index (χ2v) is 5.96. The SMILES string of the molecule is COc1ccc(NC(=O)C(C)(C)c2cccs2)cc1N.Cl. The largest absolute Gasteiger partial charge is 0.495 e. The van der Waals surface area contributed by atoms with Crippen LogP contribution in [0.3, 0.4) is 0 Å². The maximum absolute atomic E-state index is 12.4. The van der Waals surface area contributed by atoms with Crippen LogP contribution in [0.25, 0.3) is 0 Å². The summed E-state index contributed by atoms with van der Waals surface area (Å²) in [5.41, 5.74) is 6.42. The number of nitrogen functional groups attached to an aromatic ring is 1. The van der Waals surface area contributed by atoms with Gasteiger partial charge in [-0.15, -0.1) is 23.7 Å². The standard InChI is InChI=1S/C15H18N2O2S.ClH/c1-15(2,13-5-4-8-20-13)14(18)17-10-6-7-12(19-3)11(16)9-10;/h4-9H,16H2,1-3H3,(H,17,18);1H. The molecule has 0 aliphatic heterocycles. The van der Waals surface area contributed by atoms with Gasteiger partial charge in [-0.25, -0.2) is 0 Å². The van der Waals surface area contributed by atoms with Crippen LogP contribution in [0.1, 0.15) is 18.7 Å². The fourth-order valence-electron chi connectivity index (χ4n) is 1.85. The highest BCUT2D eigenvalue weighted by Gasteiger charge is 2.30. The first-order valence-electron chi connectivity index (χ1n) is 6.24. The van der Waals surface area contributed by atoms with Crippen molar-refractivity contribution >= 4 is 41.0 Å². The number of rotatable bonds is 4. The van der Waals surface area contributed by atoms with Crippen molar-refractivity contribution in [2.75, 3.05) is 18.2 Å². The van der Waals surface area contributed by atoms with E-state index in [2.05, 4.69) is 5.32 Å². The average Bonchev–Trinajstić information content (AvgIpc) is 2.93. The maximum Gasteiger partial charge on any atom is 0.235 e. The molecule has 2 aromatic rings. The van der Waals surface area contributed by atoms with Gasteiger partial charge in [0, 0.05) is 10.6 Å². The molecule has 0 spiro atoms. The van der Waals surface area contributed by atoms with Gasteiger partial charge in [-0.3, -0.25) is 4.79 Å². The third-order valence-corrected chi connectivity index (χ3v) is 4.39. The van der Waals surface area contributed by atoms with E-state index in [1.165, 1.54) is 0 Å². The molecule has 114 valence electrons. The van der Waals surface area contributed by atoms with Crippen LogP contribution in [0.5, 0.6) is 5.75 Å². The molecule has 2 rings (SSSR count). The van der Waals surface area contributed by atoms with Gasteiger partial charge in [-0.1, -0.05) is 6.07 Å². The zero-order valence-electron chi connectivity index (χ0n) is 12.2. The van der Waals surface area contributed by atoms with Crippen LogP contribution in [-0.2, 0) is 10.2 Å². The molecule has 0 bridgehead atoms. The molecule has 3 N–H and O–H groups in total. The van der Waals surface area contributed by atoms with Gasteiger partial charge < -0.3 is 15.8 Å². The lowest BCUT2D eigenvalue weighted by molar-refractivity contribution is -0.120. The van der Waals surface area contributed by atoms with E-state index in [9.17, 15) is 4.79 Å². The zero-order chi connectivity index (χ0) is 14.8. The van der Waals surface area contributed by atoms with Gasteiger partial charge in [-0.2, -0.15) is 0 Å².